The van der Waals surface area contributed by atoms with Crippen molar-refractivity contribution in [1.82, 2.24) is 15.1 Å². The van der Waals surface area contributed by atoms with Crippen LogP contribution in [0.1, 0.15) is 16.9 Å². The summed E-state index contributed by atoms with van der Waals surface area (Å²) < 4.78 is 0. The quantitative estimate of drug-likeness (QED) is 0.742. The summed E-state index contributed by atoms with van der Waals surface area (Å²) in [7, 11) is 3.27. The molecule has 0 spiro atoms. The van der Waals surface area contributed by atoms with Gasteiger partial charge in [-0.2, -0.15) is 0 Å². The van der Waals surface area contributed by atoms with E-state index in [9.17, 15) is 9.59 Å². The summed E-state index contributed by atoms with van der Waals surface area (Å²) in [4.78, 5) is 25.9. The molecule has 0 bridgehead atoms. The number of nitrogens with two attached hydrogens (primary N) is 1. The molecule has 1 aliphatic heterocycles. The van der Waals surface area contributed by atoms with Crippen LogP contribution in [0.3, 0.4) is 0 Å². The lowest BCUT2D eigenvalue weighted by Crippen LogP contribution is -2.50. The van der Waals surface area contributed by atoms with Gasteiger partial charge in [0.2, 0.25) is 0 Å². The second-order valence-corrected chi connectivity index (χ2v) is 5.11. The van der Waals surface area contributed by atoms with E-state index < -0.39 is 11.5 Å². The molecule has 1 aromatic rings. The highest BCUT2D eigenvalue weighted by molar-refractivity contribution is 5.91. The Morgan fingerprint density at radius 3 is 2.55 bits per heavy atom. The van der Waals surface area contributed by atoms with Gasteiger partial charge in [-0.3, -0.25) is 9.59 Å². The van der Waals surface area contributed by atoms with Gasteiger partial charge in [0, 0.05) is 27.2 Å². The largest absolute Gasteiger partial charge is 0.480 e. The Morgan fingerprint density at radius 2 is 2.10 bits per heavy atom. The zero-order valence-electron chi connectivity index (χ0n) is 11.4. The summed E-state index contributed by atoms with van der Waals surface area (Å²) in [5.74, 6) is -0.731. The Labute approximate surface area is 116 Å². The number of carboxylic acid groups (broad SMARTS) is 1. The Hall–Kier alpha value is -2.22. The van der Waals surface area contributed by atoms with Gasteiger partial charge >= 0.3 is 5.97 Å². The molecule has 3 N–H and O–H groups in total. The number of hydrogen-bond acceptors (Lipinski definition) is 6. The highest BCUT2D eigenvalue weighted by atomic mass is 16.4. The third-order valence-corrected chi connectivity index (χ3v) is 3.33. The first kappa shape index (κ1) is 14.2. The summed E-state index contributed by atoms with van der Waals surface area (Å²) in [6.45, 7) is 0.677. The molecule has 8 heteroatoms. The molecule has 0 saturated carbocycles. The minimum Gasteiger partial charge on any atom is -0.480 e. The average molecular weight is 279 g/mol. The second kappa shape index (κ2) is 5.04. The molecule has 1 unspecified atom stereocenters. The number of carboxylic acids is 1. The van der Waals surface area contributed by atoms with E-state index in [0.29, 0.717) is 18.8 Å². The van der Waals surface area contributed by atoms with Crippen LogP contribution in [0.4, 0.5) is 5.82 Å². The number of carbonyl (C=O) groups is 2. The first-order chi connectivity index (χ1) is 9.33. The van der Waals surface area contributed by atoms with Gasteiger partial charge in [-0.15, -0.1) is 10.2 Å². The van der Waals surface area contributed by atoms with Crippen LogP contribution >= 0.6 is 0 Å². The molecule has 1 atom stereocenters. The number of amides is 1. The fourth-order valence-electron chi connectivity index (χ4n) is 2.04. The normalized spacial score (nSPS) is 21.9. The van der Waals surface area contributed by atoms with Gasteiger partial charge in [0.25, 0.3) is 5.91 Å². The molecule has 2 heterocycles. The van der Waals surface area contributed by atoms with E-state index in [1.807, 2.05) is 0 Å². The lowest BCUT2D eigenvalue weighted by molar-refractivity contribution is -0.142. The van der Waals surface area contributed by atoms with E-state index in [0.717, 1.165) is 0 Å². The van der Waals surface area contributed by atoms with Crippen LogP contribution in [0, 0.1) is 0 Å². The van der Waals surface area contributed by atoms with E-state index in [1.54, 1.807) is 31.1 Å². The van der Waals surface area contributed by atoms with Crippen LogP contribution in [0.25, 0.3) is 0 Å². The Morgan fingerprint density at radius 1 is 1.40 bits per heavy atom. The van der Waals surface area contributed by atoms with Crippen molar-refractivity contribution < 1.29 is 14.7 Å². The summed E-state index contributed by atoms with van der Waals surface area (Å²) in [5.41, 5.74) is 4.79. The minimum atomic E-state index is -1.25. The monoisotopic (exact) mass is 279 g/mol. The standard InChI is InChI=1S/C12H17N5O3/c1-16(2)10(18)8-3-4-9(15-14-8)17-6-5-12(13,7-17)11(19)20/h3-4H,5-7,13H2,1-2H3,(H,19,20). The Kier molecular flexibility index (Phi) is 3.58. The van der Waals surface area contributed by atoms with Crippen LogP contribution in [-0.4, -0.2) is 64.8 Å². The van der Waals surface area contributed by atoms with Crippen LogP contribution in [0.2, 0.25) is 0 Å². The molecule has 1 amide bonds. The zero-order chi connectivity index (χ0) is 14.9. The van der Waals surface area contributed by atoms with Crippen molar-refractivity contribution in [2.75, 3.05) is 32.1 Å². The topological polar surface area (TPSA) is 113 Å². The molecule has 0 aromatic carbocycles. The summed E-state index contributed by atoms with van der Waals surface area (Å²) in [6, 6.07) is 3.22. The SMILES string of the molecule is CN(C)C(=O)c1ccc(N2CCC(N)(C(=O)O)C2)nn1. The Bertz CT molecular complexity index is 530. The number of carbonyl (C=O) groups excluding carboxylic acids is 1. The fraction of sp³-hybridized carbons (Fsp3) is 0.500. The van der Waals surface area contributed by atoms with Crippen LogP contribution in [0.15, 0.2) is 12.1 Å². The van der Waals surface area contributed by atoms with Crippen molar-refractivity contribution in [3.8, 4) is 0 Å². The molecule has 108 valence electrons. The van der Waals surface area contributed by atoms with Crippen molar-refractivity contribution in [2.45, 2.75) is 12.0 Å². The number of nitrogens with zero attached hydrogens (tertiary/aromatic N) is 4. The molecule has 1 saturated heterocycles. The number of hydrogen-bond donors (Lipinski definition) is 2. The lowest BCUT2D eigenvalue weighted by atomic mass is 10.0. The van der Waals surface area contributed by atoms with Gasteiger partial charge in [0.1, 0.15) is 5.54 Å². The maximum atomic E-state index is 11.7. The number of anilines is 1. The molecule has 8 nitrogen and oxygen atoms in total. The summed E-state index contributed by atoms with van der Waals surface area (Å²) >= 11 is 0. The molecule has 0 radical (unpaired) electrons. The average Bonchev–Trinajstić information content (AvgIpc) is 2.82. The van der Waals surface area contributed by atoms with Gasteiger partial charge in [-0.1, -0.05) is 0 Å². The van der Waals surface area contributed by atoms with Crippen molar-refractivity contribution >= 4 is 17.7 Å². The van der Waals surface area contributed by atoms with Crippen molar-refractivity contribution in [2.24, 2.45) is 5.73 Å². The van der Waals surface area contributed by atoms with E-state index in [4.69, 9.17) is 10.8 Å². The minimum absolute atomic E-state index is 0.179. The van der Waals surface area contributed by atoms with E-state index in [2.05, 4.69) is 10.2 Å². The molecule has 20 heavy (non-hydrogen) atoms. The van der Waals surface area contributed by atoms with E-state index in [-0.39, 0.29) is 18.1 Å². The lowest BCUT2D eigenvalue weighted by Gasteiger charge is -2.20. The summed E-state index contributed by atoms with van der Waals surface area (Å²) in [6.07, 6.45) is 0.350. The van der Waals surface area contributed by atoms with Crippen LogP contribution in [-0.2, 0) is 4.79 Å². The molecule has 1 aliphatic rings. The molecule has 1 aromatic heterocycles. The van der Waals surface area contributed by atoms with Crippen molar-refractivity contribution in [3.05, 3.63) is 17.8 Å². The van der Waals surface area contributed by atoms with Crippen molar-refractivity contribution in [1.29, 1.82) is 0 Å². The molecular formula is C12H17N5O3. The van der Waals surface area contributed by atoms with Crippen molar-refractivity contribution in [3.63, 3.8) is 0 Å². The maximum Gasteiger partial charge on any atom is 0.325 e. The van der Waals surface area contributed by atoms with E-state index >= 15 is 0 Å². The molecule has 2 rings (SSSR count). The van der Waals surface area contributed by atoms with Gasteiger partial charge in [-0.05, 0) is 18.6 Å². The van der Waals surface area contributed by atoms with Crippen LogP contribution in [0.5, 0.6) is 0 Å². The van der Waals surface area contributed by atoms with Gasteiger partial charge in [0.05, 0.1) is 0 Å². The van der Waals surface area contributed by atoms with Gasteiger partial charge in [-0.25, -0.2) is 0 Å². The third kappa shape index (κ3) is 2.55. The molecule has 0 aliphatic carbocycles. The predicted molar refractivity (Wildman–Crippen MR) is 71.4 cm³/mol. The predicted octanol–water partition coefficient (Wildman–Crippen LogP) is -0.829. The number of rotatable bonds is 3. The first-order valence-corrected chi connectivity index (χ1v) is 6.16. The zero-order valence-corrected chi connectivity index (χ0v) is 11.4. The Balaban J connectivity index is 2.12. The highest BCUT2D eigenvalue weighted by Crippen LogP contribution is 2.23. The second-order valence-electron chi connectivity index (χ2n) is 5.11. The number of aliphatic carboxylic acids is 1. The fourth-order valence-corrected chi connectivity index (χ4v) is 2.04. The summed E-state index contributed by atoms with van der Waals surface area (Å²) in [5, 5.41) is 16.9. The van der Waals surface area contributed by atoms with Gasteiger partial charge in [0.15, 0.2) is 11.5 Å². The highest BCUT2D eigenvalue weighted by Gasteiger charge is 2.41. The maximum absolute atomic E-state index is 11.7. The third-order valence-electron chi connectivity index (χ3n) is 3.33. The number of aromatic nitrogens is 2. The molecular weight excluding hydrogens is 262 g/mol. The van der Waals surface area contributed by atoms with E-state index in [1.165, 1.54) is 4.90 Å². The molecule has 1 fully saturated rings. The van der Waals surface area contributed by atoms with Crippen LogP contribution < -0.4 is 10.6 Å². The first-order valence-electron chi connectivity index (χ1n) is 6.16. The smallest absolute Gasteiger partial charge is 0.325 e. The van der Waals surface area contributed by atoms with Gasteiger partial charge < -0.3 is 20.6 Å².